The van der Waals surface area contributed by atoms with Gasteiger partial charge in [0.2, 0.25) is 0 Å². The molecule has 3 fully saturated rings. The lowest BCUT2D eigenvalue weighted by atomic mass is 9.68. The summed E-state index contributed by atoms with van der Waals surface area (Å²) in [6.45, 7) is 11.2. The smallest absolute Gasteiger partial charge is 0.0892 e. The minimum absolute atomic E-state index is 0.162. The highest BCUT2D eigenvalue weighted by Crippen LogP contribution is 2.61. The minimum atomic E-state index is 0.162. The van der Waals surface area contributed by atoms with Crippen LogP contribution in [0.25, 0.3) is 0 Å². The summed E-state index contributed by atoms with van der Waals surface area (Å²) in [6, 6.07) is 0. The Bertz CT molecular complexity index is 330. The van der Waals surface area contributed by atoms with Gasteiger partial charge in [0.05, 0.1) is 11.7 Å². The van der Waals surface area contributed by atoms with E-state index in [9.17, 15) is 0 Å². The number of epoxide rings is 1. The summed E-state index contributed by atoms with van der Waals surface area (Å²) in [5, 5.41) is 0. The van der Waals surface area contributed by atoms with Crippen molar-refractivity contribution in [3.63, 3.8) is 0 Å². The van der Waals surface area contributed by atoms with Crippen LogP contribution < -0.4 is 0 Å². The summed E-state index contributed by atoms with van der Waals surface area (Å²) in [6.07, 6.45) is 7.30. The Morgan fingerprint density at radius 2 is 2.00 bits per heavy atom. The average molecular weight is 220 g/mol. The van der Waals surface area contributed by atoms with E-state index in [1.807, 2.05) is 0 Å². The van der Waals surface area contributed by atoms with Crippen LogP contribution in [0.1, 0.15) is 52.9 Å². The molecule has 16 heavy (non-hydrogen) atoms. The largest absolute Gasteiger partial charge is 0.367 e. The van der Waals surface area contributed by atoms with Gasteiger partial charge in [-0.05, 0) is 63.2 Å². The number of allylic oxidation sites excluding steroid dienone is 1. The molecule has 0 aromatic heterocycles. The van der Waals surface area contributed by atoms with Crippen molar-refractivity contribution in [3.8, 4) is 0 Å². The topological polar surface area (TPSA) is 12.5 Å². The SMILES string of the molecule is C=C1C2CCC(C2)C1(C)CCC1OC1(C)C. The first-order chi connectivity index (χ1) is 7.43. The Kier molecular flexibility index (Phi) is 2.12. The maximum atomic E-state index is 5.69. The molecule has 0 radical (unpaired) electrons. The molecule has 2 saturated carbocycles. The normalized spacial score (nSPS) is 48.7. The Morgan fingerprint density at radius 3 is 2.50 bits per heavy atom. The van der Waals surface area contributed by atoms with Crippen molar-refractivity contribution in [3.05, 3.63) is 12.2 Å². The molecule has 90 valence electrons. The van der Waals surface area contributed by atoms with Gasteiger partial charge in [-0.1, -0.05) is 19.1 Å². The molecule has 3 aliphatic rings. The van der Waals surface area contributed by atoms with Gasteiger partial charge in [0.1, 0.15) is 0 Å². The first-order valence-corrected chi connectivity index (χ1v) is 6.80. The molecule has 4 atom stereocenters. The molecule has 0 aromatic rings. The highest BCUT2D eigenvalue weighted by molar-refractivity contribution is 5.24. The van der Waals surface area contributed by atoms with Crippen LogP contribution in [0.15, 0.2) is 12.2 Å². The lowest BCUT2D eigenvalue weighted by Gasteiger charge is -2.36. The van der Waals surface area contributed by atoms with Crippen molar-refractivity contribution >= 4 is 0 Å². The van der Waals surface area contributed by atoms with Gasteiger partial charge < -0.3 is 4.74 Å². The summed E-state index contributed by atoms with van der Waals surface area (Å²) in [5.74, 6) is 1.77. The second-order valence-electron chi connectivity index (χ2n) is 6.90. The Morgan fingerprint density at radius 1 is 1.31 bits per heavy atom. The maximum absolute atomic E-state index is 5.69. The predicted octanol–water partition coefficient (Wildman–Crippen LogP) is 3.94. The Labute approximate surface area is 99.3 Å². The number of hydrogen-bond donors (Lipinski definition) is 0. The zero-order chi connectivity index (χ0) is 11.6. The summed E-state index contributed by atoms with van der Waals surface area (Å²) >= 11 is 0. The molecule has 0 aromatic carbocycles. The van der Waals surface area contributed by atoms with E-state index in [1.165, 1.54) is 32.1 Å². The van der Waals surface area contributed by atoms with E-state index in [0.717, 1.165) is 11.8 Å². The van der Waals surface area contributed by atoms with E-state index >= 15 is 0 Å². The van der Waals surface area contributed by atoms with Crippen molar-refractivity contribution in [2.24, 2.45) is 17.3 Å². The van der Waals surface area contributed by atoms with Gasteiger partial charge in [0.15, 0.2) is 0 Å². The summed E-state index contributed by atoms with van der Waals surface area (Å²) < 4.78 is 5.69. The molecule has 2 aliphatic carbocycles. The third-order valence-corrected chi connectivity index (χ3v) is 5.65. The lowest BCUT2D eigenvalue weighted by Crippen LogP contribution is -2.27. The van der Waals surface area contributed by atoms with Crippen LogP contribution >= 0.6 is 0 Å². The highest BCUT2D eigenvalue weighted by Gasteiger charge is 2.53. The van der Waals surface area contributed by atoms with E-state index in [1.54, 1.807) is 5.57 Å². The molecule has 1 heteroatoms. The Hall–Kier alpha value is -0.300. The molecule has 1 heterocycles. The van der Waals surface area contributed by atoms with Gasteiger partial charge in [0, 0.05) is 0 Å². The molecule has 1 aliphatic heterocycles. The number of rotatable bonds is 3. The molecule has 0 spiro atoms. The standard InChI is InChI=1S/C15H24O/c1-10-11-5-6-12(9-11)15(10,4)8-7-13-14(2,3)16-13/h11-13H,1,5-9H2,2-4H3. The second-order valence-corrected chi connectivity index (χ2v) is 6.90. The second kappa shape index (κ2) is 3.13. The monoisotopic (exact) mass is 220 g/mol. The number of hydrogen-bond acceptors (Lipinski definition) is 1. The molecule has 3 rings (SSSR count). The first kappa shape index (κ1) is 10.8. The number of ether oxygens (including phenoxy) is 1. The van der Waals surface area contributed by atoms with Gasteiger partial charge in [-0.3, -0.25) is 0 Å². The molecule has 0 amide bonds. The van der Waals surface area contributed by atoms with Crippen LogP contribution in [0.2, 0.25) is 0 Å². The first-order valence-electron chi connectivity index (χ1n) is 6.80. The van der Waals surface area contributed by atoms with Gasteiger partial charge in [-0.25, -0.2) is 0 Å². The summed E-state index contributed by atoms with van der Waals surface area (Å²) in [7, 11) is 0. The average Bonchev–Trinajstić information content (AvgIpc) is 2.65. The fourth-order valence-corrected chi connectivity index (χ4v) is 4.14. The van der Waals surface area contributed by atoms with Gasteiger partial charge in [-0.2, -0.15) is 0 Å². The van der Waals surface area contributed by atoms with Crippen molar-refractivity contribution in [1.29, 1.82) is 0 Å². The fraction of sp³-hybridized carbons (Fsp3) is 0.867. The molecule has 2 bridgehead atoms. The van der Waals surface area contributed by atoms with Crippen molar-refractivity contribution < 1.29 is 4.74 Å². The molecule has 1 saturated heterocycles. The summed E-state index contributed by atoms with van der Waals surface area (Å²) in [4.78, 5) is 0. The van der Waals surface area contributed by atoms with Gasteiger partial charge in [0.25, 0.3) is 0 Å². The van der Waals surface area contributed by atoms with Gasteiger partial charge in [-0.15, -0.1) is 0 Å². The fourth-order valence-electron chi connectivity index (χ4n) is 4.14. The molecular formula is C15H24O. The van der Waals surface area contributed by atoms with Crippen molar-refractivity contribution in [1.82, 2.24) is 0 Å². The highest BCUT2D eigenvalue weighted by atomic mass is 16.6. The Balaban J connectivity index is 1.64. The van der Waals surface area contributed by atoms with E-state index in [-0.39, 0.29) is 5.60 Å². The quantitative estimate of drug-likeness (QED) is 0.518. The minimum Gasteiger partial charge on any atom is -0.367 e. The maximum Gasteiger partial charge on any atom is 0.0892 e. The van der Waals surface area contributed by atoms with Crippen LogP contribution in [-0.4, -0.2) is 11.7 Å². The third-order valence-electron chi connectivity index (χ3n) is 5.65. The molecule has 4 unspecified atom stereocenters. The summed E-state index contributed by atoms with van der Waals surface area (Å²) in [5.41, 5.74) is 2.16. The molecule has 1 nitrogen and oxygen atoms in total. The number of fused-ring (bicyclic) bond motifs is 2. The zero-order valence-corrected chi connectivity index (χ0v) is 10.9. The van der Waals surface area contributed by atoms with Crippen LogP contribution in [0.3, 0.4) is 0 Å². The van der Waals surface area contributed by atoms with Gasteiger partial charge >= 0.3 is 0 Å². The van der Waals surface area contributed by atoms with Crippen LogP contribution in [0.5, 0.6) is 0 Å². The van der Waals surface area contributed by atoms with Crippen LogP contribution in [-0.2, 0) is 4.74 Å². The zero-order valence-electron chi connectivity index (χ0n) is 10.9. The predicted molar refractivity (Wildman–Crippen MR) is 66.3 cm³/mol. The third kappa shape index (κ3) is 1.40. The van der Waals surface area contributed by atoms with E-state index < -0.39 is 0 Å². The van der Waals surface area contributed by atoms with Crippen LogP contribution in [0.4, 0.5) is 0 Å². The molecular weight excluding hydrogens is 196 g/mol. The van der Waals surface area contributed by atoms with Crippen molar-refractivity contribution in [2.75, 3.05) is 0 Å². The lowest BCUT2D eigenvalue weighted by molar-refractivity contribution is 0.222. The van der Waals surface area contributed by atoms with Crippen LogP contribution in [0, 0.1) is 17.3 Å². The van der Waals surface area contributed by atoms with Crippen molar-refractivity contribution in [2.45, 2.75) is 64.6 Å². The molecule has 0 N–H and O–H groups in total. The van der Waals surface area contributed by atoms with E-state index in [4.69, 9.17) is 4.74 Å². The van der Waals surface area contributed by atoms with E-state index in [0.29, 0.717) is 11.5 Å². The van der Waals surface area contributed by atoms with E-state index in [2.05, 4.69) is 27.4 Å².